The first kappa shape index (κ1) is 28.8. The summed E-state index contributed by atoms with van der Waals surface area (Å²) in [6.07, 6.45) is 4.59. The fourth-order valence-electron chi connectivity index (χ4n) is 5.52. The van der Waals surface area contributed by atoms with Gasteiger partial charge in [0, 0.05) is 24.2 Å². The van der Waals surface area contributed by atoms with E-state index in [4.69, 9.17) is 0 Å². The van der Waals surface area contributed by atoms with E-state index in [1.165, 1.54) is 0 Å². The number of carbonyl (C=O) groups excluding carboxylic acids is 1. The van der Waals surface area contributed by atoms with E-state index in [1.807, 2.05) is 56.3 Å². The van der Waals surface area contributed by atoms with Crippen molar-refractivity contribution in [2.45, 2.75) is 71.3 Å². The molecule has 1 aromatic heterocycles. The molecule has 0 aliphatic heterocycles. The van der Waals surface area contributed by atoms with E-state index >= 15 is 0 Å². The quantitative estimate of drug-likeness (QED) is 0.200. The molecule has 0 bridgehead atoms. The van der Waals surface area contributed by atoms with Crippen molar-refractivity contribution < 1.29 is 14.7 Å². The number of carbonyl (C=O) groups is 2. The molecule has 1 heterocycles. The van der Waals surface area contributed by atoms with Crippen molar-refractivity contribution in [3.8, 4) is 0 Å². The van der Waals surface area contributed by atoms with Crippen LogP contribution in [0, 0.1) is 13.8 Å². The summed E-state index contributed by atoms with van der Waals surface area (Å²) in [6.45, 7) is 5.97. The van der Waals surface area contributed by atoms with Crippen LogP contribution in [-0.4, -0.2) is 28.0 Å². The van der Waals surface area contributed by atoms with Crippen LogP contribution in [0.15, 0.2) is 77.7 Å². The summed E-state index contributed by atoms with van der Waals surface area (Å²) in [5.74, 6) is -1.76. The number of aliphatic carboxylic acids is 1. The molecule has 0 radical (unpaired) electrons. The number of rotatable bonds is 12. The first-order valence-corrected chi connectivity index (χ1v) is 14.0. The number of aromatic nitrogens is 1. The van der Waals surface area contributed by atoms with Gasteiger partial charge in [0.05, 0.1) is 12.3 Å². The molecule has 4 rings (SSSR count). The van der Waals surface area contributed by atoms with Crippen LogP contribution in [0.25, 0.3) is 10.8 Å². The van der Waals surface area contributed by atoms with E-state index in [1.54, 1.807) is 6.20 Å². The number of fused-ring (bicyclic) bond motifs is 1. The molecular formula is C34H38N2O4. The highest BCUT2D eigenvalue weighted by Gasteiger charge is 2.29. The van der Waals surface area contributed by atoms with Gasteiger partial charge in [0.15, 0.2) is 0 Å². The Morgan fingerprint density at radius 3 is 2.40 bits per heavy atom. The van der Waals surface area contributed by atoms with E-state index in [9.17, 15) is 19.5 Å². The summed E-state index contributed by atoms with van der Waals surface area (Å²) >= 11 is 0. The molecule has 3 aromatic carbocycles. The minimum atomic E-state index is -0.965. The predicted octanol–water partition coefficient (Wildman–Crippen LogP) is 6.21. The molecule has 0 saturated carbocycles. The Morgan fingerprint density at radius 1 is 0.950 bits per heavy atom. The monoisotopic (exact) mass is 538 g/mol. The Kier molecular flexibility index (Phi) is 9.54. The number of carboxylic acid groups (broad SMARTS) is 1. The van der Waals surface area contributed by atoms with Crippen LogP contribution >= 0.6 is 0 Å². The maximum absolute atomic E-state index is 13.9. The third-order valence-electron chi connectivity index (χ3n) is 7.64. The maximum Gasteiger partial charge on any atom is 0.305 e. The number of amides is 1. The Balaban J connectivity index is 1.69. The fourth-order valence-corrected chi connectivity index (χ4v) is 5.52. The Bertz CT molecular complexity index is 1560. The smallest absolute Gasteiger partial charge is 0.305 e. The Morgan fingerprint density at radius 2 is 1.68 bits per heavy atom. The van der Waals surface area contributed by atoms with Gasteiger partial charge in [-0.05, 0) is 65.3 Å². The Hall–Kier alpha value is -4.19. The van der Waals surface area contributed by atoms with Gasteiger partial charge in [0.25, 0.3) is 5.56 Å². The average Bonchev–Trinajstić information content (AvgIpc) is 2.93. The second-order valence-corrected chi connectivity index (χ2v) is 10.7. The number of benzene rings is 3. The molecule has 208 valence electrons. The highest BCUT2D eigenvalue weighted by atomic mass is 16.4. The summed E-state index contributed by atoms with van der Waals surface area (Å²) < 4.78 is 0. The van der Waals surface area contributed by atoms with Crippen LogP contribution in [0.2, 0.25) is 0 Å². The normalized spacial score (nSPS) is 12.7. The van der Waals surface area contributed by atoms with Crippen molar-refractivity contribution in [3.05, 3.63) is 117 Å². The number of H-pyrrole nitrogens is 1. The number of pyridine rings is 1. The van der Waals surface area contributed by atoms with Crippen molar-refractivity contribution in [2.24, 2.45) is 0 Å². The van der Waals surface area contributed by atoms with E-state index in [2.05, 4.69) is 41.5 Å². The zero-order valence-corrected chi connectivity index (χ0v) is 23.5. The first-order valence-electron chi connectivity index (χ1n) is 14.0. The molecule has 2 atom stereocenters. The number of nitrogens with one attached hydrogen (secondary N) is 2. The highest BCUT2D eigenvalue weighted by Crippen LogP contribution is 2.29. The topological polar surface area (TPSA) is 99.3 Å². The predicted molar refractivity (Wildman–Crippen MR) is 160 cm³/mol. The number of aryl methyl sites for hydroxylation is 2. The molecule has 0 spiro atoms. The van der Waals surface area contributed by atoms with Crippen molar-refractivity contribution in [2.75, 3.05) is 0 Å². The van der Waals surface area contributed by atoms with Gasteiger partial charge in [-0.15, -0.1) is 0 Å². The minimum absolute atomic E-state index is 0.182. The number of unbranched alkanes of at least 4 members (excludes halogenated alkanes) is 1. The SMILES string of the molecule is CCCCC(C(=O)N[C@@H](CC(=O)O)Cc1ccccc1C)c1c(C)c[nH]c(=O)c1Cc1ccc2ccccc2c1. The molecule has 1 amide bonds. The molecule has 4 aromatic rings. The third kappa shape index (κ3) is 7.06. The van der Waals surface area contributed by atoms with Gasteiger partial charge in [-0.1, -0.05) is 86.5 Å². The second-order valence-electron chi connectivity index (χ2n) is 10.7. The number of carboxylic acids is 1. The van der Waals surface area contributed by atoms with Crippen molar-refractivity contribution in [3.63, 3.8) is 0 Å². The van der Waals surface area contributed by atoms with Crippen LogP contribution in [0.4, 0.5) is 0 Å². The van der Waals surface area contributed by atoms with Gasteiger partial charge in [-0.3, -0.25) is 14.4 Å². The lowest BCUT2D eigenvalue weighted by Gasteiger charge is -2.25. The number of hydrogen-bond acceptors (Lipinski definition) is 3. The fraction of sp³-hybridized carbons (Fsp3) is 0.324. The lowest BCUT2D eigenvalue weighted by atomic mass is 9.84. The van der Waals surface area contributed by atoms with E-state index in [0.29, 0.717) is 24.8 Å². The second kappa shape index (κ2) is 13.2. The summed E-state index contributed by atoms with van der Waals surface area (Å²) in [5.41, 5.74) is 5.02. The summed E-state index contributed by atoms with van der Waals surface area (Å²) in [7, 11) is 0. The van der Waals surface area contributed by atoms with Crippen LogP contribution in [-0.2, 0) is 22.4 Å². The summed E-state index contributed by atoms with van der Waals surface area (Å²) in [6, 6.07) is 21.5. The molecule has 6 heteroatoms. The molecule has 40 heavy (non-hydrogen) atoms. The zero-order valence-electron chi connectivity index (χ0n) is 23.5. The molecule has 0 fully saturated rings. The van der Waals surface area contributed by atoms with Crippen LogP contribution < -0.4 is 10.9 Å². The van der Waals surface area contributed by atoms with Crippen molar-refractivity contribution >= 4 is 22.6 Å². The molecule has 3 N–H and O–H groups in total. The van der Waals surface area contributed by atoms with Crippen LogP contribution in [0.5, 0.6) is 0 Å². The van der Waals surface area contributed by atoms with Crippen molar-refractivity contribution in [1.82, 2.24) is 10.3 Å². The third-order valence-corrected chi connectivity index (χ3v) is 7.64. The number of aromatic amines is 1. The zero-order chi connectivity index (χ0) is 28.6. The molecule has 1 unspecified atom stereocenters. The van der Waals surface area contributed by atoms with E-state index in [-0.39, 0.29) is 17.9 Å². The van der Waals surface area contributed by atoms with Crippen LogP contribution in [0.1, 0.15) is 71.9 Å². The van der Waals surface area contributed by atoms with Gasteiger partial charge >= 0.3 is 5.97 Å². The molecule has 0 aliphatic rings. The molecule has 6 nitrogen and oxygen atoms in total. The van der Waals surface area contributed by atoms with Gasteiger partial charge in [-0.2, -0.15) is 0 Å². The Labute approximate surface area is 235 Å². The van der Waals surface area contributed by atoms with Gasteiger partial charge in [-0.25, -0.2) is 0 Å². The minimum Gasteiger partial charge on any atom is -0.481 e. The van der Waals surface area contributed by atoms with E-state index < -0.39 is 17.9 Å². The van der Waals surface area contributed by atoms with Gasteiger partial charge in [0.2, 0.25) is 5.91 Å². The molecule has 0 saturated heterocycles. The van der Waals surface area contributed by atoms with Gasteiger partial charge < -0.3 is 15.4 Å². The van der Waals surface area contributed by atoms with E-state index in [0.717, 1.165) is 51.4 Å². The van der Waals surface area contributed by atoms with Gasteiger partial charge in [0.1, 0.15) is 0 Å². The maximum atomic E-state index is 13.9. The molecule has 0 aliphatic carbocycles. The lowest BCUT2D eigenvalue weighted by molar-refractivity contribution is -0.137. The standard InChI is InChI=1S/C34H38N2O4/c1-4-5-14-29(34(40)36-28(20-31(37)38)19-26-12-7-6-10-22(26)2)32-23(3)21-35-33(39)30(32)18-24-15-16-25-11-8-9-13-27(25)17-24/h6-13,15-17,21,28-29H,4-5,14,18-20H2,1-3H3,(H,35,39)(H,36,40)(H,37,38)/t28-,29?/m1/s1. The van der Waals surface area contributed by atoms with Crippen molar-refractivity contribution in [1.29, 1.82) is 0 Å². The average molecular weight is 539 g/mol. The number of hydrogen-bond donors (Lipinski definition) is 3. The summed E-state index contributed by atoms with van der Waals surface area (Å²) in [5, 5.41) is 14.9. The van der Waals surface area contributed by atoms with Crippen LogP contribution in [0.3, 0.4) is 0 Å². The summed E-state index contributed by atoms with van der Waals surface area (Å²) in [4.78, 5) is 41.8. The lowest BCUT2D eigenvalue weighted by Crippen LogP contribution is -2.41. The molecular weight excluding hydrogens is 500 g/mol. The highest BCUT2D eigenvalue weighted by molar-refractivity contribution is 5.86. The largest absolute Gasteiger partial charge is 0.481 e. The first-order chi connectivity index (χ1) is 19.3.